The Kier molecular flexibility index (Phi) is 4.12. The van der Waals surface area contributed by atoms with Gasteiger partial charge in [-0.2, -0.15) is 10.1 Å². The zero-order valence-electron chi connectivity index (χ0n) is 15.0. The topological polar surface area (TPSA) is 90.8 Å². The molecule has 2 aromatic heterocycles. The van der Waals surface area contributed by atoms with Crippen molar-refractivity contribution < 1.29 is 4.52 Å². The molecule has 0 amide bonds. The predicted octanol–water partition coefficient (Wildman–Crippen LogP) is 1.81. The number of benzene rings is 1. The minimum Gasteiger partial charge on any atom is -0.339 e. The van der Waals surface area contributed by atoms with Gasteiger partial charge in [0.1, 0.15) is 12.4 Å². The standard InChI is InChI=1S/C19H22N6O2/c26-19-24(12-16-21-18(27-23-16)13-8-9-13)22-17(14-5-4-10-20-11-14)25(19)15-6-2-1-3-7-15/h1-3,6-7,13-14,20H,4-5,8-12H2/t14-/m0/s1. The van der Waals surface area contributed by atoms with E-state index in [-0.39, 0.29) is 18.2 Å². The van der Waals surface area contributed by atoms with Crippen molar-refractivity contribution in [1.82, 2.24) is 29.8 Å². The van der Waals surface area contributed by atoms with Gasteiger partial charge in [0.05, 0.1) is 5.69 Å². The summed E-state index contributed by atoms with van der Waals surface area (Å²) in [6.45, 7) is 2.07. The van der Waals surface area contributed by atoms with E-state index in [4.69, 9.17) is 4.52 Å². The van der Waals surface area contributed by atoms with Crippen LogP contribution < -0.4 is 11.0 Å². The van der Waals surface area contributed by atoms with E-state index in [0.29, 0.717) is 17.6 Å². The van der Waals surface area contributed by atoms with Gasteiger partial charge in [-0.05, 0) is 44.4 Å². The Morgan fingerprint density at radius 3 is 2.74 bits per heavy atom. The smallest absolute Gasteiger partial charge is 0.339 e. The van der Waals surface area contributed by atoms with Crippen LogP contribution in [0.15, 0.2) is 39.6 Å². The van der Waals surface area contributed by atoms with Gasteiger partial charge in [-0.25, -0.2) is 14.0 Å². The van der Waals surface area contributed by atoms with E-state index in [1.807, 2.05) is 30.3 Å². The molecule has 1 aliphatic carbocycles. The van der Waals surface area contributed by atoms with Gasteiger partial charge >= 0.3 is 5.69 Å². The molecule has 8 nitrogen and oxygen atoms in total. The summed E-state index contributed by atoms with van der Waals surface area (Å²) in [6, 6.07) is 9.69. The molecule has 8 heteroatoms. The SMILES string of the molecule is O=c1n(Cc2noc(C3CC3)n2)nc([C@H]2CCCNC2)n1-c1ccccc1. The molecule has 1 atom stereocenters. The summed E-state index contributed by atoms with van der Waals surface area (Å²) in [5.74, 6) is 2.58. The second-order valence-corrected chi connectivity index (χ2v) is 7.34. The number of aromatic nitrogens is 5. The van der Waals surface area contributed by atoms with Crippen molar-refractivity contribution in [2.24, 2.45) is 0 Å². The third-order valence-electron chi connectivity index (χ3n) is 5.24. The van der Waals surface area contributed by atoms with Crippen molar-refractivity contribution in [3.63, 3.8) is 0 Å². The first-order valence-corrected chi connectivity index (χ1v) is 9.58. The monoisotopic (exact) mass is 366 g/mol. The summed E-state index contributed by atoms with van der Waals surface area (Å²) in [7, 11) is 0. The van der Waals surface area contributed by atoms with Gasteiger partial charge in [0.25, 0.3) is 0 Å². The van der Waals surface area contributed by atoms with Gasteiger partial charge in [0.15, 0.2) is 5.82 Å². The zero-order chi connectivity index (χ0) is 18.2. The largest absolute Gasteiger partial charge is 0.351 e. The lowest BCUT2D eigenvalue weighted by atomic mass is 9.99. The minimum absolute atomic E-state index is 0.167. The van der Waals surface area contributed by atoms with Crippen molar-refractivity contribution in [1.29, 1.82) is 0 Å². The van der Waals surface area contributed by atoms with Crippen LogP contribution >= 0.6 is 0 Å². The van der Waals surface area contributed by atoms with Crippen molar-refractivity contribution in [2.45, 2.75) is 44.1 Å². The van der Waals surface area contributed by atoms with Crippen LogP contribution in [-0.4, -0.2) is 37.6 Å². The van der Waals surface area contributed by atoms with Gasteiger partial charge in [0, 0.05) is 18.4 Å². The van der Waals surface area contributed by atoms with Crippen LogP contribution in [0.3, 0.4) is 0 Å². The van der Waals surface area contributed by atoms with Gasteiger partial charge < -0.3 is 9.84 Å². The highest BCUT2D eigenvalue weighted by Crippen LogP contribution is 2.38. The number of para-hydroxylation sites is 1. The molecule has 1 aliphatic heterocycles. The zero-order valence-corrected chi connectivity index (χ0v) is 15.0. The molecule has 3 aromatic rings. The molecule has 2 fully saturated rings. The maximum Gasteiger partial charge on any atom is 0.351 e. The number of nitrogens with one attached hydrogen (secondary N) is 1. The molecular weight excluding hydrogens is 344 g/mol. The van der Waals surface area contributed by atoms with Crippen LogP contribution in [0.25, 0.3) is 5.69 Å². The van der Waals surface area contributed by atoms with Crippen LogP contribution in [-0.2, 0) is 6.54 Å². The third kappa shape index (κ3) is 3.21. The molecule has 1 aromatic carbocycles. The first-order valence-electron chi connectivity index (χ1n) is 9.58. The Hall–Kier alpha value is -2.74. The first-order chi connectivity index (χ1) is 13.3. The lowest BCUT2D eigenvalue weighted by Crippen LogP contribution is -2.31. The van der Waals surface area contributed by atoms with Crippen molar-refractivity contribution in [3.8, 4) is 5.69 Å². The fourth-order valence-electron chi connectivity index (χ4n) is 3.65. The van der Waals surface area contributed by atoms with E-state index in [1.165, 1.54) is 4.68 Å². The molecule has 27 heavy (non-hydrogen) atoms. The van der Waals surface area contributed by atoms with E-state index in [2.05, 4.69) is 20.6 Å². The number of nitrogens with zero attached hydrogens (tertiary/aromatic N) is 5. The lowest BCUT2D eigenvalue weighted by molar-refractivity contribution is 0.372. The summed E-state index contributed by atoms with van der Waals surface area (Å²) >= 11 is 0. The Morgan fingerprint density at radius 1 is 1.15 bits per heavy atom. The van der Waals surface area contributed by atoms with Gasteiger partial charge in [-0.1, -0.05) is 23.4 Å². The number of hydrogen-bond acceptors (Lipinski definition) is 6. The summed E-state index contributed by atoms with van der Waals surface area (Å²) in [5.41, 5.74) is 0.667. The second-order valence-electron chi connectivity index (χ2n) is 7.34. The lowest BCUT2D eigenvalue weighted by Gasteiger charge is -2.22. The molecule has 1 N–H and O–H groups in total. The summed E-state index contributed by atoms with van der Waals surface area (Å²) in [6.07, 6.45) is 4.30. The molecule has 0 unspecified atom stereocenters. The molecule has 1 saturated heterocycles. The quantitative estimate of drug-likeness (QED) is 0.741. The summed E-state index contributed by atoms with van der Waals surface area (Å²) < 4.78 is 8.50. The molecule has 0 spiro atoms. The van der Waals surface area contributed by atoms with Crippen LogP contribution in [0, 0.1) is 0 Å². The Morgan fingerprint density at radius 2 is 2.00 bits per heavy atom. The maximum atomic E-state index is 13.1. The van der Waals surface area contributed by atoms with E-state index in [9.17, 15) is 4.79 Å². The average molecular weight is 366 g/mol. The number of piperidine rings is 1. The number of hydrogen-bond donors (Lipinski definition) is 1. The van der Waals surface area contributed by atoms with Crippen LogP contribution in [0.2, 0.25) is 0 Å². The highest BCUT2D eigenvalue weighted by Gasteiger charge is 2.30. The minimum atomic E-state index is -0.167. The van der Waals surface area contributed by atoms with Crippen molar-refractivity contribution >= 4 is 0 Å². The molecule has 1 saturated carbocycles. The highest BCUT2D eigenvalue weighted by molar-refractivity contribution is 5.33. The van der Waals surface area contributed by atoms with Crippen molar-refractivity contribution in [2.75, 3.05) is 13.1 Å². The molecular formula is C19H22N6O2. The first kappa shape index (κ1) is 16.4. The third-order valence-corrected chi connectivity index (χ3v) is 5.24. The summed E-state index contributed by atoms with van der Waals surface area (Å²) in [4.78, 5) is 17.6. The van der Waals surface area contributed by atoms with E-state index in [1.54, 1.807) is 4.57 Å². The summed E-state index contributed by atoms with van der Waals surface area (Å²) in [5, 5.41) is 12.1. The van der Waals surface area contributed by atoms with Crippen LogP contribution in [0.1, 0.15) is 55.1 Å². The van der Waals surface area contributed by atoms with Crippen molar-refractivity contribution in [3.05, 3.63) is 58.4 Å². The van der Waals surface area contributed by atoms with Gasteiger partial charge in [-0.3, -0.25) is 0 Å². The second kappa shape index (κ2) is 6.77. The van der Waals surface area contributed by atoms with Crippen LogP contribution in [0.5, 0.6) is 0 Å². The molecule has 3 heterocycles. The number of rotatable bonds is 5. The van der Waals surface area contributed by atoms with E-state index < -0.39 is 0 Å². The molecule has 0 radical (unpaired) electrons. The Bertz CT molecular complexity index is 979. The fourth-order valence-corrected chi connectivity index (χ4v) is 3.65. The van der Waals surface area contributed by atoms with E-state index in [0.717, 1.165) is 50.3 Å². The molecule has 5 rings (SSSR count). The maximum absolute atomic E-state index is 13.1. The van der Waals surface area contributed by atoms with Gasteiger partial charge in [0.2, 0.25) is 5.89 Å². The van der Waals surface area contributed by atoms with Crippen LogP contribution in [0.4, 0.5) is 0 Å². The Balaban J connectivity index is 1.53. The normalized spacial score (nSPS) is 20.1. The molecule has 140 valence electrons. The van der Waals surface area contributed by atoms with E-state index >= 15 is 0 Å². The highest BCUT2D eigenvalue weighted by atomic mass is 16.5. The Labute approximate surface area is 156 Å². The predicted molar refractivity (Wildman–Crippen MR) is 98.0 cm³/mol. The molecule has 2 aliphatic rings. The molecule has 0 bridgehead atoms. The average Bonchev–Trinajstić information content (AvgIpc) is 3.38. The fraction of sp³-hybridized carbons (Fsp3) is 0.474. The van der Waals surface area contributed by atoms with Gasteiger partial charge in [-0.15, -0.1) is 0 Å².